The van der Waals surface area contributed by atoms with Crippen LogP contribution in [0.4, 0.5) is 4.39 Å². The highest BCUT2D eigenvalue weighted by Crippen LogP contribution is 2.05. The van der Waals surface area contributed by atoms with Crippen LogP contribution >= 0.6 is 0 Å². The van der Waals surface area contributed by atoms with Gasteiger partial charge in [-0.2, -0.15) is 0 Å². The molecule has 0 aliphatic carbocycles. The first-order valence-corrected chi connectivity index (χ1v) is 3.82. The summed E-state index contributed by atoms with van der Waals surface area (Å²) in [5.41, 5.74) is 0.662. The van der Waals surface area contributed by atoms with Crippen LogP contribution in [0.1, 0.15) is 5.56 Å². The topological polar surface area (TPSA) is 17.1 Å². The van der Waals surface area contributed by atoms with Crippen molar-refractivity contribution in [3.63, 3.8) is 0 Å². The Morgan fingerprint density at radius 2 is 2.23 bits per heavy atom. The standard InChI is InChI=1S/C11H9FO/c1-2-11(13)7-6-9-4-3-5-10(12)8-9/h2-8H,1H2/b7-6+. The molecule has 1 rings (SSSR count). The van der Waals surface area contributed by atoms with Gasteiger partial charge in [-0.15, -0.1) is 0 Å². The van der Waals surface area contributed by atoms with Gasteiger partial charge in [-0.05, 0) is 29.8 Å². The molecule has 0 aromatic heterocycles. The van der Waals surface area contributed by atoms with Gasteiger partial charge in [0.1, 0.15) is 5.82 Å². The van der Waals surface area contributed by atoms with Crippen LogP contribution in [-0.2, 0) is 4.79 Å². The molecule has 0 unspecified atom stereocenters. The Morgan fingerprint density at radius 3 is 2.85 bits per heavy atom. The molecule has 13 heavy (non-hydrogen) atoms. The van der Waals surface area contributed by atoms with Crippen LogP contribution in [-0.4, -0.2) is 5.78 Å². The summed E-state index contributed by atoms with van der Waals surface area (Å²) in [7, 11) is 0. The molecule has 0 saturated heterocycles. The van der Waals surface area contributed by atoms with Gasteiger partial charge in [-0.1, -0.05) is 24.8 Å². The summed E-state index contributed by atoms with van der Waals surface area (Å²) in [6, 6.07) is 6.02. The summed E-state index contributed by atoms with van der Waals surface area (Å²) >= 11 is 0. The lowest BCUT2D eigenvalue weighted by atomic mass is 10.2. The summed E-state index contributed by atoms with van der Waals surface area (Å²) in [6.45, 7) is 3.32. The van der Waals surface area contributed by atoms with E-state index >= 15 is 0 Å². The second-order valence-electron chi connectivity index (χ2n) is 2.49. The van der Waals surface area contributed by atoms with Crippen molar-refractivity contribution in [2.75, 3.05) is 0 Å². The van der Waals surface area contributed by atoms with E-state index in [2.05, 4.69) is 6.58 Å². The highest BCUT2D eigenvalue weighted by atomic mass is 19.1. The maximum absolute atomic E-state index is 12.6. The van der Waals surface area contributed by atoms with Gasteiger partial charge in [0.05, 0.1) is 0 Å². The maximum Gasteiger partial charge on any atom is 0.178 e. The zero-order valence-corrected chi connectivity index (χ0v) is 7.03. The Labute approximate surface area is 76.2 Å². The maximum atomic E-state index is 12.6. The van der Waals surface area contributed by atoms with Crippen molar-refractivity contribution in [3.05, 3.63) is 54.4 Å². The number of allylic oxidation sites excluding steroid dienone is 2. The van der Waals surface area contributed by atoms with Crippen LogP contribution in [0.3, 0.4) is 0 Å². The Balaban J connectivity index is 2.79. The van der Waals surface area contributed by atoms with Crippen molar-refractivity contribution >= 4 is 11.9 Å². The third-order valence-electron chi connectivity index (χ3n) is 1.49. The molecule has 0 aliphatic rings. The molecule has 0 aliphatic heterocycles. The SMILES string of the molecule is C=CC(=O)/C=C/c1cccc(F)c1. The molecule has 0 amide bonds. The summed E-state index contributed by atoms with van der Waals surface area (Å²) in [5, 5.41) is 0. The van der Waals surface area contributed by atoms with Crippen molar-refractivity contribution in [2.45, 2.75) is 0 Å². The molecule has 1 aromatic rings. The molecule has 0 saturated carbocycles. The molecule has 1 aromatic carbocycles. The fourth-order valence-electron chi connectivity index (χ4n) is 0.857. The second-order valence-corrected chi connectivity index (χ2v) is 2.49. The predicted molar refractivity (Wildman–Crippen MR) is 50.6 cm³/mol. The van der Waals surface area contributed by atoms with E-state index in [-0.39, 0.29) is 11.6 Å². The average Bonchev–Trinajstić information content (AvgIpc) is 2.14. The number of carbonyl (C=O) groups is 1. The fourth-order valence-corrected chi connectivity index (χ4v) is 0.857. The highest BCUT2D eigenvalue weighted by molar-refractivity contribution is 6.01. The van der Waals surface area contributed by atoms with E-state index in [1.54, 1.807) is 18.2 Å². The monoisotopic (exact) mass is 176 g/mol. The van der Waals surface area contributed by atoms with E-state index in [1.807, 2.05) is 0 Å². The van der Waals surface area contributed by atoms with Crippen molar-refractivity contribution in [2.24, 2.45) is 0 Å². The molecule has 0 fully saturated rings. The molecule has 0 spiro atoms. The number of benzene rings is 1. The molecular formula is C11H9FO. The number of carbonyl (C=O) groups excluding carboxylic acids is 1. The molecule has 0 radical (unpaired) electrons. The third-order valence-corrected chi connectivity index (χ3v) is 1.49. The van der Waals surface area contributed by atoms with Crippen molar-refractivity contribution < 1.29 is 9.18 Å². The van der Waals surface area contributed by atoms with Crippen LogP contribution in [0.15, 0.2) is 43.0 Å². The predicted octanol–water partition coefficient (Wildman–Crippen LogP) is 2.59. The average molecular weight is 176 g/mol. The van der Waals surface area contributed by atoms with Gasteiger partial charge < -0.3 is 0 Å². The van der Waals surface area contributed by atoms with Crippen molar-refractivity contribution in [1.82, 2.24) is 0 Å². The third kappa shape index (κ3) is 3.03. The molecule has 0 N–H and O–H groups in total. The largest absolute Gasteiger partial charge is 0.290 e. The Kier molecular flexibility index (Phi) is 3.15. The van der Waals surface area contributed by atoms with Gasteiger partial charge in [-0.25, -0.2) is 4.39 Å². The second kappa shape index (κ2) is 4.36. The first kappa shape index (κ1) is 9.39. The van der Waals surface area contributed by atoms with Crippen molar-refractivity contribution in [1.29, 1.82) is 0 Å². The van der Waals surface area contributed by atoms with Crippen LogP contribution in [0, 0.1) is 5.82 Å². The smallest absolute Gasteiger partial charge is 0.178 e. The highest BCUT2D eigenvalue weighted by Gasteiger charge is 1.91. The quantitative estimate of drug-likeness (QED) is 0.647. The number of hydrogen-bond acceptors (Lipinski definition) is 1. The molecule has 0 atom stereocenters. The van der Waals surface area contributed by atoms with E-state index in [4.69, 9.17) is 0 Å². The van der Waals surface area contributed by atoms with Crippen LogP contribution in [0.2, 0.25) is 0 Å². The number of ketones is 1. The zero-order valence-electron chi connectivity index (χ0n) is 7.03. The first-order chi connectivity index (χ1) is 6.22. The molecule has 0 heterocycles. The van der Waals surface area contributed by atoms with Gasteiger partial charge >= 0.3 is 0 Å². The minimum absolute atomic E-state index is 0.190. The summed E-state index contributed by atoms with van der Waals surface area (Å²) < 4.78 is 12.6. The Hall–Kier alpha value is -1.70. The molecule has 66 valence electrons. The minimum atomic E-state index is -0.312. The molecule has 0 bridgehead atoms. The Morgan fingerprint density at radius 1 is 1.46 bits per heavy atom. The molecular weight excluding hydrogens is 167 g/mol. The lowest BCUT2D eigenvalue weighted by molar-refractivity contribution is -0.110. The van der Waals surface area contributed by atoms with E-state index in [1.165, 1.54) is 24.3 Å². The number of halogens is 1. The van der Waals surface area contributed by atoms with Crippen LogP contribution in [0.25, 0.3) is 6.08 Å². The van der Waals surface area contributed by atoms with Crippen LogP contribution < -0.4 is 0 Å². The molecule has 1 nitrogen and oxygen atoms in total. The van der Waals surface area contributed by atoms with Gasteiger partial charge in [0.25, 0.3) is 0 Å². The summed E-state index contributed by atoms with van der Waals surface area (Å²) in [6.07, 6.45) is 4.10. The lowest BCUT2D eigenvalue weighted by Gasteiger charge is -1.91. The van der Waals surface area contributed by atoms with E-state index in [9.17, 15) is 9.18 Å². The van der Waals surface area contributed by atoms with E-state index in [0.29, 0.717) is 5.56 Å². The van der Waals surface area contributed by atoms with E-state index in [0.717, 1.165) is 0 Å². The van der Waals surface area contributed by atoms with Gasteiger partial charge in [0.15, 0.2) is 5.78 Å². The normalized spacial score (nSPS) is 10.2. The van der Waals surface area contributed by atoms with Gasteiger partial charge in [0.2, 0.25) is 0 Å². The minimum Gasteiger partial charge on any atom is -0.290 e. The number of hydrogen-bond donors (Lipinski definition) is 0. The summed E-state index contributed by atoms with van der Waals surface area (Å²) in [4.78, 5) is 10.8. The zero-order chi connectivity index (χ0) is 9.68. The first-order valence-electron chi connectivity index (χ1n) is 3.82. The van der Waals surface area contributed by atoms with Crippen molar-refractivity contribution in [3.8, 4) is 0 Å². The lowest BCUT2D eigenvalue weighted by Crippen LogP contribution is -1.83. The van der Waals surface area contributed by atoms with Crippen LogP contribution in [0.5, 0.6) is 0 Å². The Bertz CT molecular complexity index is 353. The van der Waals surface area contributed by atoms with Gasteiger partial charge in [-0.3, -0.25) is 4.79 Å². The summed E-state index contributed by atoms with van der Waals surface area (Å²) in [5.74, 6) is -0.502. The number of rotatable bonds is 3. The molecule has 2 heteroatoms. The van der Waals surface area contributed by atoms with Gasteiger partial charge in [0, 0.05) is 0 Å². The van der Waals surface area contributed by atoms with E-state index < -0.39 is 0 Å². The fraction of sp³-hybridized carbons (Fsp3) is 0.